The van der Waals surface area contributed by atoms with Gasteiger partial charge in [-0.05, 0) is 31.9 Å². The lowest BCUT2D eigenvalue weighted by atomic mass is 10.0. The molecule has 0 radical (unpaired) electrons. The first kappa shape index (κ1) is 14.8. The molecule has 1 saturated heterocycles. The monoisotopic (exact) mass is 297 g/mol. The van der Waals surface area contributed by atoms with Crippen molar-refractivity contribution in [2.45, 2.75) is 37.1 Å². The molecule has 7 heteroatoms. The number of aryl methyl sites for hydroxylation is 1. The van der Waals surface area contributed by atoms with Gasteiger partial charge >= 0.3 is 0 Å². The minimum Gasteiger partial charge on any atom is -0.409 e. The summed E-state index contributed by atoms with van der Waals surface area (Å²) in [6.07, 6.45) is 2.21. The highest BCUT2D eigenvalue weighted by Gasteiger charge is 2.35. The summed E-state index contributed by atoms with van der Waals surface area (Å²) in [6, 6.07) is 6.12. The van der Waals surface area contributed by atoms with Crippen LogP contribution in [0.5, 0.6) is 0 Å². The number of piperidine rings is 1. The van der Waals surface area contributed by atoms with E-state index >= 15 is 0 Å². The third kappa shape index (κ3) is 2.78. The fraction of sp³-hybridized carbons (Fsp3) is 0.462. The molecule has 0 saturated carbocycles. The molecule has 1 atom stereocenters. The smallest absolute Gasteiger partial charge is 0.243 e. The largest absolute Gasteiger partial charge is 0.409 e. The van der Waals surface area contributed by atoms with Crippen LogP contribution in [0.4, 0.5) is 0 Å². The molecule has 1 unspecified atom stereocenters. The van der Waals surface area contributed by atoms with E-state index in [-0.39, 0.29) is 10.7 Å². The summed E-state index contributed by atoms with van der Waals surface area (Å²) in [5.41, 5.74) is 6.63. The molecule has 2 rings (SSSR count). The van der Waals surface area contributed by atoms with E-state index in [2.05, 4.69) is 5.16 Å². The molecule has 1 aromatic rings. The van der Waals surface area contributed by atoms with Crippen molar-refractivity contribution in [3.8, 4) is 0 Å². The third-order valence-electron chi connectivity index (χ3n) is 3.54. The van der Waals surface area contributed by atoms with Crippen LogP contribution in [0.1, 0.15) is 24.8 Å². The molecule has 0 aliphatic carbocycles. The Kier molecular flexibility index (Phi) is 4.29. The lowest BCUT2D eigenvalue weighted by Crippen LogP contribution is -2.50. The van der Waals surface area contributed by atoms with Gasteiger partial charge in [0, 0.05) is 6.54 Å². The molecule has 1 fully saturated rings. The number of benzene rings is 1. The van der Waals surface area contributed by atoms with Crippen molar-refractivity contribution in [2.24, 2.45) is 10.9 Å². The van der Waals surface area contributed by atoms with Gasteiger partial charge in [0.2, 0.25) is 10.0 Å². The second-order valence-electron chi connectivity index (χ2n) is 4.97. The Hall–Kier alpha value is -1.60. The quantitative estimate of drug-likeness (QED) is 0.380. The molecule has 0 spiro atoms. The zero-order valence-corrected chi connectivity index (χ0v) is 12.2. The second-order valence-corrected chi connectivity index (χ2v) is 6.86. The first-order chi connectivity index (χ1) is 9.46. The molecule has 1 aromatic carbocycles. The van der Waals surface area contributed by atoms with Gasteiger partial charge in [-0.1, -0.05) is 29.3 Å². The Morgan fingerprint density at radius 3 is 2.60 bits per heavy atom. The van der Waals surface area contributed by atoms with Gasteiger partial charge in [-0.25, -0.2) is 8.42 Å². The molecule has 6 nitrogen and oxygen atoms in total. The first-order valence-electron chi connectivity index (χ1n) is 6.53. The molecule has 1 aliphatic rings. The summed E-state index contributed by atoms with van der Waals surface area (Å²) in [4.78, 5) is 0.237. The highest BCUT2D eigenvalue weighted by Crippen LogP contribution is 2.25. The zero-order chi connectivity index (χ0) is 14.8. The molecule has 1 aliphatic heterocycles. The van der Waals surface area contributed by atoms with Crippen molar-refractivity contribution in [2.75, 3.05) is 6.54 Å². The number of sulfonamides is 1. The Morgan fingerprint density at radius 2 is 2.00 bits per heavy atom. The highest BCUT2D eigenvalue weighted by atomic mass is 32.2. The van der Waals surface area contributed by atoms with Crippen molar-refractivity contribution >= 4 is 15.9 Å². The average molecular weight is 297 g/mol. The normalized spacial score (nSPS) is 21.9. The minimum absolute atomic E-state index is 0.0552. The summed E-state index contributed by atoms with van der Waals surface area (Å²) >= 11 is 0. The van der Waals surface area contributed by atoms with Crippen molar-refractivity contribution in [1.29, 1.82) is 0 Å². The summed E-state index contributed by atoms with van der Waals surface area (Å²) in [5.74, 6) is -0.0552. The van der Waals surface area contributed by atoms with E-state index in [4.69, 9.17) is 10.9 Å². The number of hydrogen-bond acceptors (Lipinski definition) is 4. The summed E-state index contributed by atoms with van der Waals surface area (Å²) < 4.78 is 26.7. The fourth-order valence-electron chi connectivity index (χ4n) is 2.40. The number of rotatable bonds is 3. The SMILES string of the molecule is Cc1ccc(S(=O)(=O)N2CCCCC2C(N)=NO)cc1. The van der Waals surface area contributed by atoms with Crippen molar-refractivity contribution in [1.82, 2.24) is 4.31 Å². The van der Waals surface area contributed by atoms with E-state index in [9.17, 15) is 8.42 Å². The van der Waals surface area contributed by atoms with Crippen LogP contribution in [0.15, 0.2) is 34.3 Å². The van der Waals surface area contributed by atoms with Crippen LogP contribution in [-0.4, -0.2) is 36.4 Å². The summed E-state index contributed by atoms with van der Waals surface area (Å²) in [7, 11) is -3.62. The average Bonchev–Trinajstić information content (AvgIpc) is 2.47. The predicted molar refractivity (Wildman–Crippen MR) is 76.1 cm³/mol. The van der Waals surface area contributed by atoms with Gasteiger partial charge in [-0.2, -0.15) is 4.31 Å². The van der Waals surface area contributed by atoms with Crippen molar-refractivity contribution in [3.63, 3.8) is 0 Å². The molecule has 0 aromatic heterocycles. The van der Waals surface area contributed by atoms with E-state index in [0.717, 1.165) is 18.4 Å². The van der Waals surface area contributed by atoms with E-state index in [1.165, 1.54) is 4.31 Å². The maximum absolute atomic E-state index is 12.7. The van der Waals surface area contributed by atoms with Gasteiger partial charge in [-0.15, -0.1) is 0 Å². The number of hydrogen-bond donors (Lipinski definition) is 2. The number of amidine groups is 1. The van der Waals surface area contributed by atoms with E-state index < -0.39 is 16.1 Å². The maximum Gasteiger partial charge on any atom is 0.243 e. The lowest BCUT2D eigenvalue weighted by Gasteiger charge is -2.33. The third-order valence-corrected chi connectivity index (χ3v) is 5.46. The van der Waals surface area contributed by atoms with Gasteiger partial charge in [0.05, 0.1) is 10.9 Å². The Bertz CT molecular complexity index is 596. The molecular formula is C13H19N3O3S. The van der Waals surface area contributed by atoms with E-state index in [1.807, 2.05) is 6.92 Å². The topological polar surface area (TPSA) is 96.0 Å². The molecular weight excluding hydrogens is 278 g/mol. The van der Waals surface area contributed by atoms with Crippen molar-refractivity contribution in [3.05, 3.63) is 29.8 Å². The van der Waals surface area contributed by atoms with Gasteiger partial charge in [0.15, 0.2) is 5.84 Å². The summed E-state index contributed by atoms with van der Waals surface area (Å²) in [6.45, 7) is 2.29. The van der Waals surface area contributed by atoms with Gasteiger partial charge in [0.1, 0.15) is 0 Å². The molecule has 0 bridgehead atoms. The Balaban J connectivity index is 2.38. The fourth-order valence-corrected chi connectivity index (χ4v) is 4.07. The molecule has 3 N–H and O–H groups in total. The standard InChI is InChI=1S/C13H19N3O3S/c1-10-5-7-11(8-6-10)20(18,19)16-9-3-2-4-12(16)13(14)15-17/h5-8,12,17H,2-4,9H2,1H3,(H2,14,15). The first-order valence-corrected chi connectivity index (χ1v) is 7.97. The lowest BCUT2D eigenvalue weighted by molar-refractivity contribution is 0.281. The zero-order valence-electron chi connectivity index (χ0n) is 11.4. The van der Waals surface area contributed by atoms with E-state index in [1.54, 1.807) is 24.3 Å². The van der Waals surface area contributed by atoms with Crippen LogP contribution in [0.25, 0.3) is 0 Å². The highest BCUT2D eigenvalue weighted by molar-refractivity contribution is 7.89. The number of nitrogens with zero attached hydrogens (tertiary/aromatic N) is 2. The molecule has 0 amide bonds. The Labute approximate surface area is 118 Å². The van der Waals surface area contributed by atoms with Crippen LogP contribution in [0.2, 0.25) is 0 Å². The maximum atomic E-state index is 12.7. The van der Waals surface area contributed by atoms with Crippen LogP contribution in [-0.2, 0) is 10.0 Å². The number of oxime groups is 1. The van der Waals surface area contributed by atoms with Gasteiger partial charge < -0.3 is 10.9 Å². The van der Waals surface area contributed by atoms with Crippen LogP contribution < -0.4 is 5.73 Å². The van der Waals surface area contributed by atoms with Gasteiger partial charge in [0.25, 0.3) is 0 Å². The summed E-state index contributed by atoms with van der Waals surface area (Å²) in [5, 5.41) is 11.8. The number of nitrogens with two attached hydrogens (primary N) is 1. The minimum atomic E-state index is -3.62. The second kappa shape index (κ2) is 5.80. The van der Waals surface area contributed by atoms with Crippen LogP contribution in [0.3, 0.4) is 0 Å². The van der Waals surface area contributed by atoms with E-state index in [0.29, 0.717) is 13.0 Å². The van der Waals surface area contributed by atoms with Crippen molar-refractivity contribution < 1.29 is 13.6 Å². The predicted octanol–water partition coefficient (Wildman–Crippen LogP) is 1.28. The molecule has 1 heterocycles. The Morgan fingerprint density at radius 1 is 1.35 bits per heavy atom. The van der Waals surface area contributed by atoms with Crippen LogP contribution in [0, 0.1) is 6.92 Å². The van der Waals surface area contributed by atoms with Crippen LogP contribution >= 0.6 is 0 Å². The molecule has 110 valence electrons. The molecule has 20 heavy (non-hydrogen) atoms. The van der Waals surface area contributed by atoms with Gasteiger partial charge in [-0.3, -0.25) is 0 Å².